The first kappa shape index (κ1) is 10.5. The van der Waals surface area contributed by atoms with Crippen molar-refractivity contribution in [1.82, 2.24) is 0 Å². The second-order valence-electron chi connectivity index (χ2n) is 3.28. The lowest BCUT2D eigenvalue weighted by Crippen LogP contribution is -1.84. The van der Waals surface area contributed by atoms with Crippen molar-refractivity contribution >= 4 is 17.1 Å². The quantitative estimate of drug-likeness (QED) is 0.518. The molecule has 0 aliphatic carbocycles. The van der Waals surface area contributed by atoms with Crippen LogP contribution in [-0.4, -0.2) is 5.78 Å². The number of unbranched alkanes of at least 4 members (excludes halogenated alkanes) is 2. The van der Waals surface area contributed by atoms with Crippen LogP contribution < -0.4 is 0 Å². The van der Waals surface area contributed by atoms with E-state index in [1.165, 1.54) is 24.1 Å². The Hall–Kier alpha value is -0.630. The van der Waals surface area contributed by atoms with Gasteiger partial charge in [-0.1, -0.05) is 19.8 Å². The first-order chi connectivity index (χ1) is 6.24. The molecule has 1 aromatic rings. The number of hydrogen-bond acceptors (Lipinski definition) is 2. The SMILES string of the molecule is CCCCCc1ccc(C(C)=O)s1. The average Bonchev–Trinajstić information content (AvgIpc) is 2.53. The van der Waals surface area contributed by atoms with Gasteiger partial charge in [-0.25, -0.2) is 0 Å². The van der Waals surface area contributed by atoms with Crippen LogP contribution in [0.2, 0.25) is 0 Å². The molecule has 0 bridgehead atoms. The van der Waals surface area contributed by atoms with Crippen LogP contribution in [0.15, 0.2) is 12.1 Å². The maximum atomic E-state index is 11.0. The third-order valence-corrected chi connectivity index (χ3v) is 3.28. The van der Waals surface area contributed by atoms with Crippen LogP contribution in [0.3, 0.4) is 0 Å². The van der Waals surface area contributed by atoms with Crippen LogP contribution in [-0.2, 0) is 6.42 Å². The van der Waals surface area contributed by atoms with Gasteiger partial charge in [-0.3, -0.25) is 4.79 Å². The number of carbonyl (C=O) groups excluding carboxylic acids is 1. The lowest BCUT2D eigenvalue weighted by molar-refractivity contribution is 0.102. The molecule has 0 radical (unpaired) electrons. The molecule has 2 heteroatoms. The highest BCUT2D eigenvalue weighted by Crippen LogP contribution is 2.19. The number of rotatable bonds is 5. The van der Waals surface area contributed by atoms with Crippen molar-refractivity contribution < 1.29 is 4.79 Å². The highest BCUT2D eigenvalue weighted by Gasteiger charge is 2.03. The summed E-state index contributed by atoms with van der Waals surface area (Å²) in [5.41, 5.74) is 0. The van der Waals surface area contributed by atoms with E-state index in [0.717, 1.165) is 11.3 Å². The summed E-state index contributed by atoms with van der Waals surface area (Å²) in [4.78, 5) is 13.2. The molecule has 0 N–H and O–H groups in total. The Balaban J connectivity index is 2.44. The first-order valence-electron chi connectivity index (χ1n) is 4.83. The van der Waals surface area contributed by atoms with Crippen LogP contribution in [0.25, 0.3) is 0 Å². The molecular formula is C11H16OS. The van der Waals surface area contributed by atoms with Gasteiger partial charge in [0, 0.05) is 4.88 Å². The van der Waals surface area contributed by atoms with Crippen molar-refractivity contribution in [3.05, 3.63) is 21.9 Å². The summed E-state index contributed by atoms with van der Waals surface area (Å²) in [6.07, 6.45) is 4.92. The average molecular weight is 196 g/mol. The predicted octanol–water partition coefficient (Wildman–Crippen LogP) is 3.68. The van der Waals surface area contributed by atoms with Gasteiger partial charge in [-0.15, -0.1) is 11.3 Å². The van der Waals surface area contributed by atoms with Crippen molar-refractivity contribution in [2.45, 2.75) is 39.5 Å². The molecule has 0 fully saturated rings. The summed E-state index contributed by atoms with van der Waals surface area (Å²) < 4.78 is 0. The van der Waals surface area contributed by atoms with Crippen LogP contribution in [0, 0.1) is 0 Å². The van der Waals surface area contributed by atoms with Crippen molar-refractivity contribution in [3.8, 4) is 0 Å². The molecule has 1 heterocycles. The summed E-state index contributed by atoms with van der Waals surface area (Å²) in [7, 11) is 0. The molecule has 0 saturated heterocycles. The number of hydrogen-bond donors (Lipinski definition) is 0. The molecule has 0 spiro atoms. The van der Waals surface area contributed by atoms with Gasteiger partial charge in [0.15, 0.2) is 5.78 Å². The molecule has 72 valence electrons. The minimum absolute atomic E-state index is 0.187. The summed E-state index contributed by atoms with van der Waals surface area (Å²) in [5, 5.41) is 0. The lowest BCUT2D eigenvalue weighted by atomic mass is 10.2. The normalized spacial score (nSPS) is 10.3. The zero-order chi connectivity index (χ0) is 9.68. The van der Waals surface area contributed by atoms with Crippen LogP contribution >= 0.6 is 11.3 Å². The van der Waals surface area contributed by atoms with E-state index in [9.17, 15) is 4.79 Å². The third-order valence-electron chi connectivity index (χ3n) is 2.04. The van der Waals surface area contributed by atoms with Gasteiger partial charge in [-0.2, -0.15) is 0 Å². The van der Waals surface area contributed by atoms with Gasteiger partial charge in [-0.05, 0) is 31.9 Å². The van der Waals surface area contributed by atoms with Gasteiger partial charge in [0.25, 0.3) is 0 Å². The fraction of sp³-hybridized carbons (Fsp3) is 0.545. The number of ketones is 1. The predicted molar refractivity (Wildman–Crippen MR) is 57.6 cm³/mol. The molecular weight excluding hydrogens is 180 g/mol. The van der Waals surface area contributed by atoms with E-state index < -0.39 is 0 Å². The molecule has 1 aromatic heterocycles. The fourth-order valence-corrected chi connectivity index (χ4v) is 2.20. The largest absolute Gasteiger partial charge is 0.294 e. The summed E-state index contributed by atoms with van der Waals surface area (Å²) >= 11 is 1.64. The van der Waals surface area contributed by atoms with Gasteiger partial charge < -0.3 is 0 Å². The first-order valence-corrected chi connectivity index (χ1v) is 5.65. The van der Waals surface area contributed by atoms with E-state index in [-0.39, 0.29) is 5.78 Å². The monoisotopic (exact) mass is 196 g/mol. The molecule has 1 rings (SSSR count). The van der Waals surface area contributed by atoms with Crippen molar-refractivity contribution in [3.63, 3.8) is 0 Å². The zero-order valence-electron chi connectivity index (χ0n) is 8.30. The Bertz CT molecular complexity index is 275. The lowest BCUT2D eigenvalue weighted by Gasteiger charge is -1.94. The van der Waals surface area contributed by atoms with Crippen LogP contribution in [0.1, 0.15) is 47.7 Å². The van der Waals surface area contributed by atoms with Crippen LogP contribution in [0.5, 0.6) is 0 Å². The fourth-order valence-electron chi connectivity index (χ4n) is 1.25. The highest BCUT2D eigenvalue weighted by molar-refractivity contribution is 7.14. The second kappa shape index (κ2) is 5.18. The summed E-state index contributed by atoms with van der Waals surface area (Å²) in [5.74, 6) is 0.187. The topological polar surface area (TPSA) is 17.1 Å². The van der Waals surface area contributed by atoms with E-state index in [4.69, 9.17) is 0 Å². The molecule has 1 nitrogen and oxygen atoms in total. The number of Topliss-reactive ketones (excluding diaryl/α,β-unsaturated/α-hetero) is 1. The molecule has 0 aliphatic heterocycles. The maximum Gasteiger partial charge on any atom is 0.169 e. The second-order valence-corrected chi connectivity index (χ2v) is 4.45. The number of aryl methyl sites for hydroxylation is 1. The maximum absolute atomic E-state index is 11.0. The number of thiophene rings is 1. The molecule has 0 aliphatic rings. The molecule has 13 heavy (non-hydrogen) atoms. The van der Waals surface area contributed by atoms with Crippen molar-refractivity contribution in [2.24, 2.45) is 0 Å². The summed E-state index contributed by atoms with van der Waals surface area (Å²) in [6.45, 7) is 3.83. The van der Waals surface area contributed by atoms with E-state index in [2.05, 4.69) is 13.0 Å². The van der Waals surface area contributed by atoms with E-state index in [1.807, 2.05) is 6.07 Å². The molecule has 0 saturated carbocycles. The minimum Gasteiger partial charge on any atom is -0.294 e. The highest BCUT2D eigenvalue weighted by atomic mass is 32.1. The van der Waals surface area contributed by atoms with Gasteiger partial charge in [0.2, 0.25) is 0 Å². The molecule has 0 atom stereocenters. The third kappa shape index (κ3) is 3.31. The zero-order valence-corrected chi connectivity index (χ0v) is 9.12. The van der Waals surface area contributed by atoms with Crippen LogP contribution in [0.4, 0.5) is 0 Å². The minimum atomic E-state index is 0.187. The Labute approximate surface area is 83.8 Å². The Kier molecular flexibility index (Phi) is 4.16. The number of carbonyl (C=O) groups is 1. The Morgan fingerprint density at radius 1 is 1.38 bits per heavy atom. The van der Waals surface area contributed by atoms with Gasteiger partial charge >= 0.3 is 0 Å². The Morgan fingerprint density at radius 3 is 2.69 bits per heavy atom. The smallest absolute Gasteiger partial charge is 0.169 e. The van der Waals surface area contributed by atoms with Crippen molar-refractivity contribution in [1.29, 1.82) is 0 Å². The van der Waals surface area contributed by atoms with Gasteiger partial charge in [0.1, 0.15) is 0 Å². The summed E-state index contributed by atoms with van der Waals surface area (Å²) in [6, 6.07) is 4.02. The van der Waals surface area contributed by atoms with E-state index >= 15 is 0 Å². The van der Waals surface area contributed by atoms with Gasteiger partial charge in [0.05, 0.1) is 4.88 Å². The standard InChI is InChI=1S/C11H16OS/c1-3-4-5-6-10-7-8-11(13-10)9(2)12/h7-8H,3-6H2,1-2H3. The Morgan fingerprint density at radius 2 is 2.15 bits per heavy atom. The molecule has 0 unspecified atom stereocenters. The molecule has 0 aromatic carbocycles. The van der Waals surface area contributed by atoms with E-state index in [0.29, 0.717) is 0 Å². The molecule has 0 amide bonds. The van der Waals surface area contributed by atoms with Crippen molar-refractivity contribution in [2.75, 3.05) is 0 Å². The van der Waals surface area contributed by atoms with E-state index in [1.54, 1.807) is 18.3 Å².